The zero-order valence-electron chi connectivity index (χ0n) is 11.3. The van der Waals surface area contributed by atoms with Crippen LogP contribution in [-0.4, -0.2) is 28.5 Å². The first-order valence-electron chi connectivity index (χ1n) is 6.58. The van der Waals surface area contributed by atoms with Gasteiger partial charge in [-0.1, -0.05) is 6.07 Å². The topological polar surface area (TPSA) is 41.1 Å². The maximum absolute atomic E-state index is 4.69. The molecule has 1 aliphatic heterocycles. The average Bonchev–Trinajstić information content (AvgIpc) is 3.01. The fourth-order valence-corrected chi connectivity index (χ4v) is 3.20. The molecule has 2 aromatic rings. The summed E-state index contributed by atoms with van der Waals surface area (Å²) >= 11 is 1.65. The van der Waals surface area contributed by atoms with Crippen LogP contribution >= 0.6 is 11.3 Å². The van der Waals surface area contributed by atoms with Gasteiger partial charge in [-0.25, -0.2) is 9.97 Å². The normalized spacial score (nSPS) is 19.8. The van der Waals surface area contributed by atoms with E-state index in [0.717, 1.165) is 16.5 Å². The third-order valence-electron chi connectivity index (χ3n) is 3.53. The maximum atomic E-state index is 4.69. The fraction of sp³-hybridized carbons (Fsp3) is 0.429. The molecule has 1 N–H and O–H groups in total. The molecule has 0 aliphatic carbocycles. The Morgan fingerprint density at radius 3 is 3.00 bits per heavy atom. The highest BCUT2D eigenvalue weighted by Gasteiger charge is 2.24. The number of pyridine rings is 1. The highest BCUT2D eigenvalue weighted by atomic mass is 32.1. The molecule has 0 aromatic carbocycles. The number of aryl methyl sites for hydroxylation is 1. The zero-order chi connectivity index (χ0) is 13.2. The molecule has 5 heteroatoms. The van der Waals surface area contributed by atoms with Crippen LogP contribution in [-0.2, 0) is 0 Å². The van der Waals surface area contributed by atoms with Crippen molar-refractivity contribution in [1.82, 2.24) is 14.9 Å². The van der Waals surface area contributed by atoms with E-state index in [9.17, 15) is 0 Å². The maximum Gasteiger partial charge on any atom is 0.188 e. The van der Waals surface area contributed by atoms with Gasteiger partial charge in [-0.15, -0.1) is 11.3 Å². The minimum atomic E-state index is 0.484. The minimum Gasteiger partial charge on any atom is -0.316 e. The van der Waals surface area contributed by atoms with Gasteiger partial charge in [0.15, 0.2) is 5.13 Å². The molecular formula is C14H18N4S. The molecule has 0 amide bonds. The largest absolute Gasteiger partial charge is 0.316 e. The van der Waals surface area contributed by atoms with Crippen molar-refractivity contribution in [1.29, 1.82) is 0 Å². The number of nitrogens with one attached hydrogen (secondary N) is 1. The van der Waals surface area contributed by atoms with Crippen molar-refractivity contribution in [2.75, 3.05) is 18.9 Å². The van der Waals surface area contributed by atoms with E-state index in [0.29, 0.717) is 6.04 Å². The predicted octanol–water partition coefficient (Wildman–Crippen LogP) is 3.36. The smallest absolute Gasteiger partial charge is 0.188 e. The van der Waals surface area contributed by atoms with Crippen molar-refractivity contribution in [3.8, 4) is 0 Å². The molecule has 0 radical (unpaired) electrons. The van der Waals surface area contributed by atoms with Crippen LogP contribution in [0.3, 0.4) is 0 Å². The molecule has 1 saturated heterocycles. The molecule has 3 heterocycles. The number of hydrogen-bond donors (Lipinski definition) is 1. The molecule has 0 spiro atoms. The lowest BCUT2D eigenvalue weighted by atomic mass is 10.2. The van der Waals surface area contributed by atoms with E-state index in [-0.39, 0.29) is 0 Å². The molecule has 1 atom stereocenters. The van der Waals surface area contributed by atoms with Gasteiger partial charge in [0.2, 0.25) is 0 Å². The summed E-state index contributed by atoms with van der Waals surface area (Å²) in [6.45, 7) is 3.21. The molecule has 0 saturated carbocycles. The van der Waals surface area contributed by atoms with Crippen LogP contribution in [0.4, 0.5) is 10.9 Å². The summed E-state index contributed by atoms with van der Waals surface area (Å²) in [4.78, 5) is 11.4. The second-order valence-electron chi connectivity index (χ2n) is 5.06. The first-order valence-corrected chi connectivity index (χ1v) is 7.46. The summed E-state index contributed by atoms with van der Waals surface area (Å²) in [5.41, 5.74) is 2.34. The molecule has 19 heavy (non-hydrogen) atoms. The third kappa shape index (κ3) is 2.77. The average molecular weight is 274 g/mol. The van der Waals surface area contributed by atoms with Gasteiger partial charge < -0.3 is 5.32 Å². The highest BCUT2D eigenvalue weighted by molar-refractivity contribution is 7.13. The van der Waals surface area contributed by atoms with Crippen molar-refractivity contribution in [3.63, 3.8) is 0 Å². The second-order valence-corrected chi connectivity index (χ2v) is 5.92. The number of hydrogen-bond acceptors (Lipinski definition) is 5. The van der Waals surface area contributed by atoms with Crippen LogP contribution in [0.1, 0.15) is 30.1 Å². The van der Waals surface area contributed by atoms with Crippen LogP contribution in [0.25, 0.3) is 0 Å². The Morgan fingerprint density at radius 1 is 1.42 bits per heavy atom. The monoisotopic (exact) mass is 274 g/mol. The van der Waals surface area contributed by atoms with Crippen molar-refractivity contribution in [2.24, 2.45) is 0 Å². The van der Waals surface area contributed by atoms with Crippen LogP contribution in [0.5, 0.6) is 0 Å². The molecule has 1 aliphatic rings. The molecule has 4 nitrogen and oxygen atoms in total. The third-order valence-corrected chi connectivity index (χ3v) is 4.31. The van der Waals surface area contributed by atoms with Gasteiger partial charge in [0.05, 0.1) is 11.7 Å². The summed E-state index contributed by atoms with van der Waals surface area (Å²) in [5.74, 6) is 0.853. The summed E-state index contributed by atoms with van der Waals surface area (Å²) < 4.78 is 0. The van der Waals surface area contributed by atoms with Gasteiger partial charge in [-0.2, -0.15) is 0 Å². The molecule has 2 aromatic heterocycles. The van der Waals surface area contributed by atoms with Crippen molar-refractivity contribution in [3.05, 3.63) is 35.0 Å². The number of thiazole rings is 1. The summed E-state index contributed by atoms with van der Waals surface area (Å²) in [6, 6.07) is 4.52. The Bertz CT molecular complexity index is 549. The van der Waals surface area contributed by atoms with Crippen LogP contribution in [0.15, 0.2) is 23.7 Å². The van der Waals surface area contributed by atoms with E-state index in [2.05, 4.69) is 38.7 Å². The second kappa shape index (κ2) is 5.27. The molecular weight excluding hydrogens is 256 g/mol. The lowest BCUT2D eigenvalue weighted by Crippen LogP contribution is -2.17. The van der Waals surface area contributed by atoms with Gasteiger partial charge >= 0.3 is 0 Å². The minimum absolute atomic E-state index is 0.484. The van der Waals surface area contributed by atoms with Crippen LogP contribution < -0.4 is 5.32 Å². The highest BCUT2D eigenvalue weighted by Crippen LogP contribution is 2.32. The predicted molar refractivity (Wildman–Crippen MR) is 79.0 cm³/mol. The van der Waals surface area contributed by atoms with E-state index in [4.69, 9.17) is 0 Å². The molecule has 0 bridgehead atoms. The van der Waals surface area contributed by atoms with Crippen LogP contribution in [0, 0.1) is 6.92 Å². The van der Waals surface area contributed by atoms with Crippen molar-refractivity contribution < 1.29 is 0 Å². The van der Waals surface area contributed by atoms with Gasteiger partial charge in [-0.05, 0) is 45.0 Å². The number of anilines is 2. The van der Waals surface area contributed by atoms with E-state index in [1.165, 1.54) is 25.1 Å². The first kappa shape index (κ1) is 12.6. The standard InChI is InChI=1S/C14H18N4S/c1-10-5-6-13(15-8-10)17-14-16-11(9-19-14)12-4-3-7-18(12)2/h5-6,8-9,12H,3-4,7H2,1-2H3,(H,15,16,17)/t12-/m1/s1. The summed E-state index contributed by atoms with van der Waals surface area (Å²) in [5, 5.41) is 6.35. The summed E-state index contributed by atoms with van der Waals surface area (Å²) in [6.07, 6.45) is 4.34. The first-order chi connectivity index (χ1) is 9.22. The SMILES string of the molecule is Cc1ccc(Nc2nc([C@H]3CCCN3C)cs2)nc1. The van der Waals surface area contributed by atoms with Crippen molar-refractivity contribution in [2.45, 2.75) is 25.8 Å². The Labute approximate surface area is 117 Å². The van der Waals surface area contributed by atoms with E-state index < -0.39 is 0 Å². The van der Waals surface area contributed by atoms with E-state index in [1.807, 2.05) is 19.2 Å². The Morgan fingerprint density at radius 2 is 2.32 bits per heavy atom. The fourth-order valence-electron chi connectivity index (χ4n) is 2.43. The number of likely N-dealkylation sites (tertiary alicyclic amines) is 1. The van der Waals surface area contributed by atoms with Crippen molar-refractivity contribution >= 4 is 22.3 Å². The van der Waals surface area contributed by atoms with Gasteiger partial charge in [0.1, 0.15) is 5.82 Å². The molecule has 3 rings (SSSR count). The number of aromatic nitrogens is 2. The van der Waals surface area contributed by atoms with Crippen LogP contribution in [0.2, 0.25) is 0 Å². The van der Waals surface area contributed by atoms with Gasteiger partial charge in [-0.3, -0.25) is 4.90 Å². The van der Waals surface area contributed by atoms with E-state index >= 15 is 0 Å². The molecule has 100 valence electrons. The number of nitrogens with zero attached hydrogens (tertiary/aromatic N) is 3. The van der Waals surface area contributed by atoms with Gasteiger partial charge in [0.25, 0.3) is 0 Å². The Balaban J connectivity index is 1.72. The Hall–Kier alpha value is -1.46. The van der Waals surface area contributed by atoms with E-state index in [1.54, 1.807) is 11.3 Å². The van der Waals surface area contributed by atoms with Gasteiger partial charge in [0, 0.05) is 11.6 Å². The summed E-state index contributed by atoms with van der Waals surface area (Å²) in [7, 11) is 2.17. The lowest BCUT2D eigenvalue weighted by molar-refractivity contribution is 0.313. The Kier molecular flexibility index (Phi) is 3.48. The molecule has 0 unspecified atom stereocenters. The zero-order valence-corrected chi connectivity index (χ0v) is 12.1. The molecule has 1 fully saturated rings. The quantitative estimate of drug-likeness (QED) is 0.932. The lowest BCUT2D eigenvalue weighted by Gasteiger charge is -2.16. The number of rotatable bonds is 3.